The third-order valence-corrected chi connectivity index (χ3v) is 4.20. The first-order chi connectivity index (χ1) is 12.2. The maximum absolute atomic E-state index is 4.40. The van der Waals surface area contributed by atoms with Gasteiger partial charge in [-0.25, -0.2) is 0 Å². The third kappa shape index (κ3) is 4.10. The highest BCUT2D eigenvalue weighted by Crippen LogP contribution is 2.27. The minimum atomic E-state index is 0.828. The van der Waals surface area contributed by atoms with E-state index in [0.29, 0.717) is 0 Å². The summed E-state index contributed by atoms with van der Waals surface area (Å²) < 4.78 is 0. The SMILES string of the molecule is CCN(C)c1ccc(N=Nc2ccc(-c3ccccn3)cc2)c(C)c1. The predicted molar refractivity (Wildman–Crippen MR) is 104 cm³/mol. The number of rotatable bonds is 5. The first-order valence-corrected chi connectivity index (χ1v) is 8.42. The molecule has 0 amide bonds. The average Bonchev–Trinajstić information content (AvgIpc) is 2.67. The number of anilines is 1. The highest BCUT2D eigenvalue weighted by molar-refractivity contribution is 5.61. The van der Waals surface area contributed by atoms with Crippen molar-refractivity contribution >= 4 is 17.1 Å². The summed E-state index contributed by atoms with van der Waals surface area (Å²) in [6.07, 6.45) is 1.80. The van der Waals surface area contributed by atoms with Gasteiger partial charge in [-0.3, -0.25) is 4.98 Å². The molecule has 0 aliphatic rings. The number of nitrogens with zero attached hydrogens (tertiary/aromatic N) is 4. The van der Waals surface area contributed by atoms with Crippen LogP contribution in [0.5, 0.6) is 0 Å². The van der Waals surface area contributed by atoms with Crippen molar-refractivity contribution in [3.63, 3.8) is 0 Å². The Kier molecular flexibility index (Phi) is 5.19. The van der Waals surface area contributed by atoms with Gasteiger partial charge in [0, 0.05) is 31.0 Å². The van der Waals surface area contributed by atoms with Gasteiger partial charge in [0.25, 0.3) is 0 Å². The summed E-state index contributed by atoms with van der Waals surface area (Å²) in [6, 6.07) is 20.1. The third-order valence-electron chi connectivity index (χ3n) is 4.20. The maximum atomic E-state index is 4.40. The molecule has 3 rings (SSSR count). The van der Waals surface area contributed by atoms with E-state index in [4.69, 9.17) is 0 Å². The summed E-state index contributed by atoms with van der Waals surface area (Å²) in [5.74, 6) is 0. The summed E-state index contributed by atoms with van der Waals surface area (Å²) in [6.45, 7) is 5.17. The topological polar surface area (TPSA) is 40.9 Å². The normalized spacial score (nSPS) is 11.0. The zero-order valence-electron chi connectivity index (χ0n) is 14.8. The van der Waals surface area contributed by atoms with Crippen LogP contribution in [0, 0.1) is 6.92 Å². The average molecular weight is 330 g/mol. The summed E-state index contributed by atoms with van der Waals surface area (Å²) in [4.78, 5) is 6.55. The van der Waals surface area contributed by atoms with E-state index in [9.17, 15) is 0 Å². The molecule has 2 aromatic carbocycles. The molecule has 3 aromatic rings. The first-order valence-electron chi connectivity index (χ1n) is 8.42. The van der Waals surface area contributed by atoms with Crippen LogP contribution >= 0.6 is 0 Å². The van der Waals surface area contributed by atoms with Gasteiger partial charge in [-0.05, 0) is 61.9 Å². The van der Waals surface area contributed by atoms with Crippen LogP contribution < -0.4 is 4.90 Å². The van der Waals surface area contributed by atoms with Gasteiger partial charge in [-0.1, -0.05) is 18.2 Å². The van der Waals surface area contributed by atoms with Crippen molar-refractivity contribution < 1.29 is 0 Å². The number of pyridine rings is 1. The fourth-order valence-electron chi connectivity index (χ4n) is 2.52. The smallest absolute Gasteiger partial charge is 0.0887 e. The molecule has 0 fully saturated rings. The minimum Gasteiger partial charge on any atom is -0.375 e. The molecule has 25 heavy (non-hydrogen) atoms. The molecule has 1 heterocycles. The van der Waals surface area contributed by atoms with E-state index in [1.54, 1.807) is 6.20 Å². The zero-order chi connectivity index (χ0) is 17.6. The van der Waals surface area contributed by atoms with Crippen molar-refractivity contribution in [1.29, 1.82) is 0 Å². The zero-order valence-corrected chi connectivity index (χ0v) is 14.8. The van der Waals surface area contributed by atoms with Crippen LogP contribution in [0.2, 0.25) is 0 Å². The highest BCUT2D eigenvalue weighted by Gasteiger charge is 2.03. The molecular formula is C21H22N4. The first kappa shape index (κ1) is 16.8. The fraction of sp³-hybridized carbons (Fsp3) is 0.190. The largest absolute Gasteiger partial charge is 0.375 e. The molecule has 0 radical (unpaired) electrons. The molecular weight excluding hydrogens is 308 g/mol. The Balaban J connectivity index is 1.76. The summed E-state index contributed by atoms with van der Waals surface area (Å²) in [7, 11) is 2.08. The fourth-order valence-corrected chi connectivity index (χ4v) is 2.52. The lowest BCUT2D eigenvalue weighted by Gasteiger charge is -2.17. The minimum absolute atomic E-state index is 0.828. The van der Waals surface area contributed by atoms with E-state index in [1.807, 2.05) is 48.5 Å². The molecule has 0 atom stereocenters. The van der Waals surface area contributed by atoms with Gasteiger partial charge in [0.15, 0.2) is 0 Å². The van der Waals surface area contributed by atoms with E-state index >= 15 is 0 Å². The lowest BCUT2D eigenvalue weighted by atomic mass is 10.1. The number of hydrogen-bond acceptors (Lipinski definition) is 4. The Morgan fingerprint density at radius 2 is 1.76 bits per heavy atom. The van der Waals surface area contributed by atoms with Crippen molar-refractivity contribution in [3.05, 3.63) is 72.4 Å². The molecule has 4 nitrogen and oxygen atoms in total. The predicted octanol–water partition coefficient (Wildman–Crippen LogP) is 5.93. The molecule has 0 aliphatic heterocycles. The number of aryl methyl sites for hydroxylation is 1. The van der Waals surface area contributed by atoms with E-state index in [-0.39, 0.29) is 0 Å². The van der Waals surface area contributed by atoms with Crippen LogP contribution in [-0.4, -0.2) is 18.6 Å². The summed E-state index contributed by atoms with van der Waals surface area (Å²) >= 11 is 0. The van der Waals surface area contributed by atoms with E-state index in [0.717, 1.165) is 34.7 Å². The maximum Gasteiger partial charge on any atom is 0.0887 e. The van der Waals surface area contributed by atoms with Crippen molar-refractivity contribution in [2.24, 2.45) is 10.2 Å². The van der Waals surface area contributed by atoms with Crippen LogP contribution in [0.15, 0.2) is 77.1 Å². The van der Waals surface area contributed by atoms with E-state index < -0.39 is 0 Å². The van der Waals surface area contributed by atoms with Gasteiger partial charge in [-0.15, -0.1) is 0 Å². The number of aromatic nitrogens is 1. The molecule has 0 N–H and O–H groups in total. The second-order valence-corrected chi connectivity index (χ2v) is 5.95. The van der Waals surface area contributed by atoms with Crippen LogP contribution in [0.25, 0.3) is 11.3 Å². The van der Waals surface area contributed by atoms with Crippen LogP contribution in [0.3, 0.4) is 0 Å². The molecule has 1 aromatic heterocycles. The Labute approximate surface area is 148 Å². The van der Waals surface area contributed by atoms with E-state index in [2.05, 4.69) is 53.1 Å². The molecule has 0 aliphatic carbocycles. The molecule has 4 heteroatoms. The van der Waals surface area contributed by atoms with Crippen molar-refractivity contribution in [2.45, 2.75) is 13.8 Å². The summed E-state index contributed by atoms with van der Waals surface area (Å²) in [5, 5.41) is 8.75. The van der Waals surface area contributed by atoms with Gasteiger partial charge in [0.05, 0.1) is 17.1 Å². The quantitative estimate of drug-likeness (QED) is 0.544. The monoisotopic (exact) mass is 330 g/mol. The van der Waals surface area contributed by atoms with Gasteiger partial charge in [0.2, 0.25) is 0 Å². The van der Waals surface area contributed by atoms with Crippen LogP contribution in [0.1, 0.15) is 12.5 Å². The summed E-state index contributed by atoms with van der Waals surface area (Å²) in [5.41, 5.74) is 6.06. The second kappa shape index (κ2) is 7.71. The van der Waals surface area contributed by atoms with Gasteiger partial charge in [0.1, 0.15) is 0 Å². The van der Waals surface area contributed by atoms with Gasteiger partial charge < -0.3 is 4.90 Å². The van der Waals surface area contributed by atoms with Crippen molar-refractivity contribution in [1.82, 2.24) is 4.98 Å². The molecule has 0 spiro atoms. The lowest BCUT2D eigenvalue weighted by Crippen LogP contribution is -2.15. The van der Waals surface area contributed by atoms with E-state index in [1.165, 1.54) is 5.69 Å². The molecule has 0 saturated carbocycles. The molecule has 0 bridgehead atoms. The Morgan fingerprint density at radius 3 is 2.40 bits per heavy atom. The van der Waals surface area contributed by atoms with Gasteiger partial charge in [-0.2, -0.15) is 10.2 Å². The number of hydrogen-bond donors (Lipinski definition) is 0. The van der Waals surface area contributed by atoms with Crippen LogP contribution in [0.4, 0.5) is 17.1 Å². The molecule has 126 valence electrons. The van der Waals surface area contributed by atoms with Gasteiger partial charge >= 0.3 is 0 Å². The number of benzene rings is 2. The molecule has 0 saturated heterocycles. The lowest BCUT2D eigenvalue weighted by molar-refractivity contribution is 0.966. The second-order valence-electron chi connectivity index (χ2n) is 5.95. The van der Waals surface area contributed by atoms with Crippen molar-refractivity contribution in [2.75, 3.05) is 18.5 Å². The van der Waals surface area contributed by atoms with Crippen molar-refractivity contribution in [3.8, 4) is 11.3 Å². The Morgan fingerprint density at radius 1 is 0.960 bits per heavy atom. The Hall–Kier alpha value is -3.01. The highest BCUT2D eigenvalue weighted by atomic mass is 15.1. The number of azo groups is 1. The van der Waals surface area contributed by atoms with Crippen LogP contribution in [-0.2, 0) is 0 Å². The standard InChI is InChI=1S/C21H22N4/c1-4-25(3)19-12-13-20(16(2)15-19)24-23-18-10-8-17(9-11-18)21-7-5-6-14-22-21/h5-15H,4H2,1-3H3. The molecule has 0 unspecified atom stereocenters. The Bertz CT molecular complexity index is 855.